The Morgan fingerprint density at radius 2 is 2.45 bits per heavy atom. The average molecular weight is 170 g/mol. The number of hydrogen-bond acceptors (Lipinski definition) is 3. The summed E-state index contributed by atoms with van der Waals surface area (Å²) in [4.78, 5) is 14.6. The maximum atomic E-state index is 10.7. The van der Waals surface area contributed by atoms with Crippen molar-refractivity contribution >= 4 is 17.3 Å². The summed E-state index contributed by atoms with van der Waals surface area (Å²) in [5.41, 5.74) is -0.884. The lowest BCUT2D eigenvalue weighted by Gasteiger charge is -2.14. The Hall–Kier alpha value is -0.900. The zero-order chi connectivity index (χ0) is 8.48. The second-order valence-corrected chi connectivity index (χ2v) is 3.54. The highest BCUT2D eigenvalue weighted by atomic mass is 32.1. The Morgan fingerprint density at radius 1 is 1.82 bits per heavy atom. The number of hydrogen-bond donors (Lipinski definition) is 1. The zero-order valence-corrected chi connectivity index (χ0v) is 7.10. The summed E-state index contributed by atoms with van der Waals surface area (Å²) in [6.45, 7) is 3.25. The fourth-order valence-corrected chi connectivity index (χ4v) is 1.24. The molecule has 1 heterocycles. The Labute approximate surface area is 68.7 Å². The van der Waals surface area contributed by atoms with Gasteiger partial charge in [-0.1, -0.05) is 0 Å². The van der Waals surface area contributed by atoms with Gasteiger partial charge in [0, 0.05) is 6.20 Å². The molecule has 59 valence electrons. The lowest BCUT2D eigenvalue weighted by Crippen LogP contribution is -2.28. The molecule has 0 aliphatic heterocycles. The van der Waals surface area contributed by atoms with E-state index in [1.54, 1.807) is 13.8 Å². The lowest BCUT2D eigenvalue weighted by atomic mass is 9.95. The molecule has 0 aromatic carbocycles. The van der Waals surface area contributed by atoms with Crippen LogP contribution in [0.3, 0.4) is 0 Å². The average Bonchev–Trinajstić information content (AvgIpc) is 2.37. The van der Waals surface area contributed by atoms with Gasteiger partial charge in [0.25, 0.3) is 0 Å². The van der Waals surface area contributed by atoms with Crippen LogP contribution in [-0.4, -0.2) is 16.1 Å². The van der Waals surface area contributed by atoms with Gasteiger partial charge in [-0.3, -0.25) is 4.79 Å². The largest absolute Gasteiger partial charge is 0.481 e. The molecular weight excluding hydrogens is 162 g/mol. The van der Waals surface area contributed by atoms with Crippen LogP contribution in [0.4, 0.5) is 0 Å². The van der Waals surface area contributed by atoms with Crippen molar-refractivity contribution < 1.29 is 9.90 Å². The first kappa shape index (κ1) is 8.20. The van der Waals surface area contributed by atoms with E-state index in [2.05, 4.69) is 10.4 Å². The minimum absolute atomic E-state index is 0.588. The number of rotatable bonds is 2. The van der Waals surface area contributed by atoms with E-state index in [-0.39, 0.29) is 0 Å². The van der Waals surface area contributed by atoms with Crippen LogP contribution in [0.25, 0.3) is 0 Å². The van der Waals surface area contributed by atoms with Crippen molar-refractivity contribution in [2.45, 2.75) is 19.3 Å². The van der Waals surface area contributed by atoms with Crippen LogP contribution in [0.5, 0.6) is 0 Å². The van der Waals surface area contributed by atoms with Crippen molar-refractivity contribution in [1.82, 2.24) is 4.98 Å². The Balaban J connectivity index is 3.00. The van der Waals surface area contributed by atoms with Crippen LogP contribution >= 0.6 is 11.3 Å². The number of carboxylic acids is 1. The SMILES string of the molecule is CC(C)(C(=O)O)c1nc[c]s1. The molecule has 1 N–H and O–H groups in total. The third kappa shape index (κ3) is 1.40. The van der Waals surface area contributed by atoms with Gasteiger partial charge in [-0.05, 0) is 13.8 Å². The molecule has 0 bridgehead atoms. The Morgan fingerprint density at radius 3 is 2.82 bits per heavy atom. The molecule has 0 spiro atoms. The number of carboxylic acid groups (broad SMARTS) is 1. The quantitative estimate of drug-likeness (QED) is 0.728. The smallest absolute Gasteiger partial charge is 0.316 e. The Kier molecular flexibility index (Phi) is 1.95. The molecule has 0 aliphatic carbocycles. The van der Waals surface area contributed by atoms with E-state index in [4.69, 9.17) is 5.11 Å². The van der Waals surface area contributed by atoms with Gasteiger partial charge >= 0.3 is 5.97 Å². The molecule has 0 saturated carbocycles. The van der Waals surface area contributed by atoms with E-state index >= 15 is 0 Å². The van der Waals surface area contributed by atoms with Gasteiger partial charge < -0.3 is 5.11 Å². The van der Waals surface area contributed by atoms with Crippen LogP contribution in [0, 0.1) is 5.38 Å². The van der Waals surface area contributed by atoms with E-state index in [1.165, 1.54) is 17.5 Å². The summed E-state index contributed by atoms with van der Waals surface area (Å²) in [5, 5.41) is 12.1. The second kappa shape index (κ2) is 2.62. The van der Waals surface area contributed by atoms with Crippen LogP contribution in [0.1, 0.15) is 18.9 Å². The highest BCUT2D eigenvalue weighted by Gasteiger charge is 2.31. The van der Waals surface area contributed by atoms with Gasteiger partial charge in [0.2, 0.25) is 0 Å². The van der Waals surface area contributed by atoms with E-state index in [0.717, 1.165) is 0 Å². The van der Waals surface area contributed by atoms with Crippen molar-refractivity contribution in [3.8, 4) is 0 Å². The number of thiazole rings is 1. The van der Waals surface area contributed by atoms with E-state index in [0.29, 0.717) is 5.01 Å². The van der Waals surface area contributed by atoms with Gasteiger partial charge in [-0.15, -0.1) is 11.3 Å². The van der Waals surface area contributed by atoms with E-state index in [9.17, 15) is 4.79 Å². The summed E-state index contributed by atoms with van der Waals surface area (Å²) in [6.07, 6.45) is 1.49. The maximum Gasteiger partial charge on any atom is 0.316 e. The van der Waals surface area contributed by atoms with Crippen LogP contribution in [-0.2, 0) is 10.2 Å². The van der Waals surface area contributed by atoms with Crippen LogP contribution < -0.4 is 0 Å². The van der Waals surface area contributed by atoms with Crippen molar-refractivity contribution in [1.29, 1.82) is 0 Å². The number of carbonyl (C=O) groups is 1. The predicted octanol–water partition coefficient (Wildman–Crippen LogP) is 1.31. The second-order valence-electron chi connectivity index (χ2n) is 2.71. The van der Waals surface area contributed by atoms with Gasteiger partial charge in [0.15, 0.2) is 0 Å². The van der Waals surface area contributed by atoms with E-state index < -0.39 is 11.4 Å². The van der Waals surface area contributed by atoms with Gasteiger partial charge in [0.05, 0.1) is 5.38 Å². The summed E-state index contributed by atoms with van der Waals surface area (Å²) in [6, 6.07) is 0. The molecule has 11 heavy (non-hydrogen) atoms. The molecule has 0 fully saturated rings. The lowest BCUT2D eigenvalue weighted by molar-refractivity contribution is -0.142. The molecule has 0 atom stereocenters. The molecular formula is C7H8NO2S. The Bertz CT molecular complexity index is 253. The predicted molar refractivity (Wildman–Crippen MR) is 41.6 cm³/mol. The van der Waals surface area contributed by atoms with Gasteiger partial charge in [-0.2, -0.15) is 0 Å². The van der Waals surface area contributed by atoms with Crippen molar-refractivity contribution in [2.75, 3.05) is 0 Å². The number of aromatic nitrogens is 1. The molecule has 0 saturated heterocycles. The number of nitrogens with zero attached hydrogens (tertiary/aromatic N) is 1. The summed E-state index contributed by atoms with van der Waals surface area (Å²) >= 11 is 1.24. The summed E-state index contributed by atoms with van der Waals surface area (Å²) in [7, 11) is 0. The molecule has 0 unspecified atom stereocenters. The monoisotopic (exact) mass is 170 g/mol. The summed E-state index contributed by atoms with van der Waals surface area (Å²) in [5.74, 6) is -0.860. The van der Waals surface area contributed by atoms with Gasteiger partial charge in [-0.25, -0.2) is 4.98 Å². The molecule has 1 radical (unpaired) electrons. The third-order valence-electron chi connectivity index (χ3n) is 1.46. The van der Waals surface area contributed by atoms with Crippen molar-refractivity contribution in [3.63, 3.8) is 0 Å². The first-order valence-electron chi connectivity index (χ1n) is 3.11. The van der Waals surface area contributed by atoms with Crippen molar-refractivity contribution in [3.05, 3.63) is 16.6 Å². The van der Waals surface area contributed by atoms with Crippen LogP contribution in [0.15, 0.2) is 6.20 Å². The summed E-state index contributed by atoms with van der Waals surface area (Å²) < 4.78 is 0. The zero-order valence-electron chi connectivity index (χ0n) is 6.29. The molecule has 4 heteroatoms. The minimum Gasteiger partial charge on any atom is -0.481 e. The molecule has 1 rings (SSSR count). The normalized spacial score (nSPS) is 11.5. The first-order chi connectivity index (χ1) is 5.05. The highest BCUT2D eigenvalue weighted by molar-refractivity contribution is 7.09. The van der Waals surface area contributed by atoms with Crippen molar-refractivity contribution in [2.24, 2.45) is 0 Å². The molecule has 1 aromatic rings. The fourth-order valence-electron chi connectivity index (χ4n) is 0.574. The molecule has 3 nitrogen and oxygen atoms in total. The van der Waals surface area contributed by atoms with E-state index in [1.807, 2.05) is 0 Å². The minimum atomic E-state index is -0.884. The first-order valence-corrected chi connectivity index (χ1v) is 3.92. The molecule has 1 aromatic heterocycles. The highest BCUT2D eigenvalue weighted by Crippen LogP contribution is 2.24. The fraction of sp³-hybridized carbons (Fsp3) is 0.429. The maximum absolute atomic E-state index is 10.7. The topological polar surface area (TPSA) is 50.2 Å². The third-order valence-corrected chi connectivity index (χ3v) is 2.49. The molecule has 0 amide bonds. The standard InChI is InChI=1S/C7H8NO2S/c1-7(2,6(9)10)5-8-3-4-11-5/h3H,1-2H3,(H,9,10). The molecule has 0 aliphatic rings. The van der Waals surface area contributed by atoms with Crippen LogP contribution in [0.2, 0.25) is 0 Å². The van der Waals surface area contributed by atoms with Gasteiger partial charge in [0.1, 0.15) is 10.4 Å². The number of aliphatic carboxylic acids is 1.